The van der Waals surface area contributed by atoms with Crippen molar-refractivity contribution in [2.24, 2.45) is 0 Å². The molecule has 1 aromatic heterocycles. The van der Waals surface area contributed by atoms with E-state index in [1.165, 1.54) is 0 Å². The van der Waals surface area contributed by atoms with Gasteiger partial charge in [0.25, 0.3) is 0 Å². The van der Waals surface area contributed by atoms with Gasteiger partial charge in [-0.2, -0.15) is 0 Å². The highest BCUT2D eigenvalue weighted by Crippen LogP contribution is 2.41. The SMILES string of the molecule is Cc1c(-c2ccc3c(c2)OCCO3)cccc1-c1nc2cc3c(c(F)c2o1)CC[C@H]3NCCC(=O)NS(=O)(=O)C1CC1. The molecule has 0 spiro atoms. The summed E-state index contributed by atoms with van der Waals surface area (Å²) in [5.74, 6) is 0.805. The highest BCUT2D eigenvalue weighted by atomic mass is 32.2. The van der Waals surface area contributed by atoms with Gasteiger partial charge in [0.2, 0.25) is 21.8 Å². The molecule has 3 aromatic carbocycles. The second-order valence-corrected chi connectivity index (χ2v) is 13.0. The molecule has 0 bridgehead atoms. The van der Waals surface area contributed by atoms with Crippen molar-refractivity contribution in [3.8, 4) is 34.1 Å². The molecule has 1 saturated carbocycles. The number of amides is 1. The van der Waals surface area contributed by atoms with Crippen molar-refractivity contribution in [3.63, 3.8) is 0 Å². The van der Waals surface area contributed by atoms with Crippen molar-refractivity contribution in [2.75, 3.05) is 19.8 Å². The van der Waals surface area contributed by atoms with Crippen LogP contribution in [0.25, 0.3) is 33.7 Å². The summed E-state index contributed by atoms with van der Waals surface area (Å²) in [6.07, 6.45) is 2.37. The minimum atomic E-state index is -3.57. The molecule has 1 atom stereocenters. The normalized spacial score (nSPS) is 17.8. The Morgan fingerprint density at radius 3 is 2.64 bits per heavy atom. The van der Waals surface area contributed by atoms with E-state index >= 15 is 4.39 Å². The van der Waals surface area contributed by atoms with E-state index in [0.29, 0.717) is 61.6 Å². The molecule has 2 aliphatic carbocycles. The molecule has 0 radical (unpaired) electrons. The van der Waals surface area contributed by atoms with E-state index in [2.05, 4.69) is 15.0 Å². The van der Waals surface area contributed by atoms with Crippen LogP contribution in [0.1, 0.15) is 48.4 Å². The average molecular weight is 592 g/mol. The largest absolute Gasteiger partial charge is 0.486 e. The number of carbonyl (C=O) groups is 1. The summed E-state index contributed by atoms with van der Waals surface area (Å²) in [5, 5.41) is 2.84. The van der Waals surface area contributed by atoms with Crippen LogP contribution in [0.5, 0.6) is 11.5 Å². The number of aromatic nitrogens is 1. The Kier molecular flexibility index (Phi) is 6.66. The lowest BCUT2D eigenvalue weighted by molar-refractivity contribution is -0.119. The summed E-state index contributed by atoms with van der Waals surface area (Å²) in [7, 11) is -3.57. The van der Waals surface area contributed by atoms with Gasteiger partial charge in [0, 0.05) is 24.6 Å². The zero-order valence-corrected chi connectivity index (χ0v) is 23.9. The molecule has 4 aromatic rings. The highest BCUT2D eigenvalue weighted by molar-refractivity contribution is 7.90. The molecule has 218 valence electrons. The van der Waals surface area contributed by atoms with Crippen molar-refractivity contribution in [3.05, 3.63) is 65.0 Å². The van der Waals surface area contributed by atoms with Crippen LogP contribution in [0.3, 0.4) is 0 Å². The fourth-order valence-electron chi connectivity index (χ4n) is 5.84. The Bertz CT molecular complexity index is 1830. The zero-order chi connectivity index (χ0) is 29.0. The molecule has 1 fully saturated rings. The molecule has 1 amide bonds. The van der Waals surface area contributed by atoms with Gasteiger partial charge in [-0.1, -0.05) is 18.2 Å². The fraction of sp³-hybridized carbons (Fsp3) is 0.355. The maximum atomic E-state index is 15.7. The number of ether oxygens (including phenoxy) is 2. The van der Waals surface area contributed by atoms with Gasteiger partial charge in [0.15, 0.2) is 22.9 Å². The van der Waals surface area contributed by atoms with Gasteiger partial charge < -0.3 is 19.2 Å². The van der Waals surface area contributed by atoms with Gasteiger partial charge in [0.1, 0.15) is 18.7 Å². The van der Waals surface area contributed by atoms with Crippen LogP contribution in [0.4, 0.5) is 4.39 Å². The predicted molar refractivity (Wildman–Crippen MR) is 154 cm³/mol. The van der Waals surface area contributed by atoms with E-state index in [1.54, 1.807) is 0 Å². The van der Waals surface area contributed by atoms with E-state index in [1.807, 2.05) is 49.4 Å². The molecule has 9 nitrogen and oxygen atoms in total. The van der Waals surface area contributed by atoms with Crippen LogP contribution in [0, 0.1) is 12.7 Å². The Labute approximate surface area is 242 Å². The number of sulfonamides is 1. The summed E-state index contributed by atoms with van der Waals surface area (Å²) in [5.41, 5.74) is 5.55. The molecule has 3 aliphatic rings. The fourth-order valence-corrected chi connectivity index (χ4v) is 7.19. The smallest absolute Gasteiger partial charge is 0.237 e. The van der Waals surface area contributed by atoms with E-state index in [0.717, 1.165) is 33.6 Å². The maximum Gasteiger partial charge on any atom is 0.237 e. The third-order valence-corrected chi connectivity index (χ3v) is 10.1. The van der Waals surface area contributed by atoms with E-state index in [-0.39, 0.29) is 24.6 Å². The summed E-state index contributed by atoms with van der Waals surface area (Å²) in [6.45, 7) is 3.29. The van der Waals surface area contributed by atoms with Crippen LogP contribution >= 0.6 is 0 Å². The second kappa shape index (κ2) is 10.4. The molecule has 0 unspecified atom stereocenters. The molecule has 2 heterocycles. The third kappa shape index (κ3) is 4.90. The Morgan fingerprint density at radius 2 is 1.83 bits per heavy atom. The van der Waals surface area contributed by atoms with Gasteiger partial charge in [0.05, 0.1) is 5.25 Å². The quantitative estimate of drug-likeness (QED) is 0.295. The van der Waals surface area contributed by atoms with Crippen LogP contribution in [-0.4, -0.2) is 44.3 Å². The maximum absolute atomic E-state index is 15.7. The molecule has 7 rings (SSSR count). The van der Waals surface area contributed by atoms with Crippen LogP contribution in [0.2, 0.25) is 0 Å². The second-order valence-electron chi connectivity index (χ2n) is 11.0. The number of halogens is 1. The lowest BCUT2D eigenvalue weighted by Gasteiger charge is -2.19. The number of hydrogen-bond acceptors (Lipinski definition) is 8. The number of nitrogens with zero attached hydrogens (tertiary/aromatic N) is 1. The first-order valence-electron chi connectivity index (χ1n) is 14.2. The summed E-state index contributed by atoms with van der Waals surface area (Å²) >= 11 is 0. The van der Waals surface area contributed by atoms with Gasteiger partial charge >= 0.3 is 0 Å². The van der Waals surface area contributed by atoms with Crippen molar-refractivity contribution >= 4 is 27.0 Å². The molecule has 1 aliphatic heterocycles. The lowest BCUT2D eigenvalue weighted by atomic mass is 9.96. The molecule has 0 saturated heterocycles. The van der Waals surface area contributed by atoms with Gasteiger partial charge in [-0.05, 0) is 84.7 Å². The van der Waals surface area contributed by atoms with Crippen molar-refractivity contribution < 1.29 is 31.5 Å². The average Bonchev–Trinajstić information content (AvgIpc) is 3.65. The van der Waals surface area contributed by atoms with Crippen molar-refractivity contribution in [2.45, 2.75) is 50.3 Å². The Morgan fingerprint density at radius 1 is 1.05 bits per heavy atom. The van der Waals surface area contributed by atoms with Gasteiger partial charge in [-0.3, -0.25) is 9.52 Å². The minimum absolute atomic E-state index is 0.00953. The Hall–Kier alpha value is -3.96. The number of rotatable bonds is 8. The molecular weight excluding hydrogens is 561 g/mol. The number of carbonyl (C=O) groups excluding carboxylic acids is 1. The van der Waals surface area contributed by atoms with E-state index < -0.39 is 27.0 Å². The van der Waals surface area contributed by atoms with Crippen molar-refractivity contribution in [1.29, 1.82) is 0 Å². The third-order valence-electron chi connectivity index (χ3n) is 8.20. The number of hydrogen-bond donors (Lipinski definition) is 2. The number of nitrogens with one attached hydrogen (secondary N) is 2. The van der Waals surface area contributed by atoms with Crippen LogP contribution in [-0.2, 0) is 21.2 Å². The number of fused-ring (bicyclic) bond motifs is 3. The number of benzene rings is 3. The first kappa shape index (κ1) is 26.9. The summed E-state index contributed by atoms with van der Waals surface area (Å²) in [4.78, 5) is 16.8. The van der Waals surface area contributed by atoms with E-state index in [9.17, 15) is 13.2 Å². The van der Waals surface area contributed by atoms with Gasteiger partial charge in [-0.15, -0.1) is 0 Å². The first-order chi connectivity index (χ1) is 20.3. The van der Waals surface area contributed by atoms with Crippen LogP contribution in [0.15, 0.2) is 46.9 Å². The first-order valence-corrected chi connectivity index (χ1v) is 15.7. The predicted octanol–water partition coefficient (Wildman–Crippen LogP) is 4.96. The lowest BCUT2D eigenvalue weighted by Crippen LogP contribution is -2.35. The monoisotopic (exact) mass is 591 g/mol. The van der Waals surface area contributed by atoms with Crippen LogP contribution < -0.4 is 19.5 Å². The molecule has 11 heteroatoms. The highest BCUT2D eigenvalue weighted by Gasteiger charge is 2.36. The topological polar surface area (TPSA) is 120 Å². The van der Waals surface area contributed by atoms with E-state index in [4.69, 9.17) is 13.9 Å². The molecular formula is C31H30FN3O6S. The number of oxazole rings is 1. The van der Waals surface area contributed by atoms with Crippen molar-refractivity contribution in [1.82, 2.24) is 15.0 Å². The Balaban J connectivity index is 1.12. The molecule has 2 N–H and O–H groups in total. The zero-order valence-electron chi connectivity index (χ0n) is 23.0. The van der Waals surface area contributed by atoms with Gasteiger partial charge in [-0.25, -0.2) is 17.8 Å². The summed E-state index contributed by atoms with van der Waals surface area (Å²) in [6, 6.07) is 13.4. The minimum Gasteiger partial charge on any atom is -0.486 e. The standard InChI is InChI=1S/C31H30FN3O6S/c1-17-20(18-5-10-26-27(15-18)40-14-13-39-26)3-2-4-21(17)31-34-25-16-23-22(29(32)30(25)41-31)8-9-24(23)33-12-11-28(36)35-42(37,38)19-6-7-19/h2-5,10,15-16,19,24,33H,6-9,11-14H2,1H3,(H,35,36)/t24-/m1/s1. The molecule has 42 heavy (non-hydrogen) atoms. The summed E-state index contributed by atoms with van der Waals surface area (Å²) < 4.78 is 59.3.